The first-order valence-corrected chi connectivity index (χ1v) is 3.63. The summed E-state index contributed by atoms with van der Waals surface area (Å²) in [5.41, 5.74) is 0. The van der Waals surface area contributed by atoms with Crippen LogP contribution in [0.15, 0.2) is 0 Å². The van der Waals surface area contributed by atoms with Crippen molar-refractivity contribution in [1.29, 1.82) is 0 Å². The molecule has 0 rings (SSSR count). The van der Waals surface area contributed by atoms with Crippen LogP contribution in [-0.4, -0.2) is 36.2 Å². The number of halogens is 11. The van der Waals surface area contributed by atoms with Crippen molar-refractivity contribution in [3.8, 4) is 0 Å². The number of carbonyl (C=O) groups is 1. The van der Waals surface area contributed by atoms with Crippen molar-refractivity contribution >= 4 is 5.78 Å². The molecule has 0 fully saturated rings. The molecule has 0 aromatic heterocycles. The van der Waals surface area contributed by atoms with Crippen LogP contribution in [-0.2, 0) is 4.79 Å². The number of rotatable bonds is 4. The van der Waals surface area contributed by atoms with Crippen LogP contribution in [0.2, 0.25) is 0 Å². The topological polar surface area (TPSA) is 17.1 Å². The summed E-state index contributed by atoms with van der Waals surface area (Å²) in [6.45, 7) is 0. The van der Waals surface area contributed by atoms with Crippen LogP contribution in [0.4, 0.5) is 48.3 Å². The van der Waals surface area contributed by atoms with E-state index >= 15 is 0 Å². The molecule has 0 N–H and O–H groups in total. The minimum absolute atomic E-state index is 4.54. The highest BCUT2D eigenvalue weighted by molar-refractivity contribution is 5.91. The van der Waals surface area contributed by atoms with Crippen LogP contribution >= 0.6 is 0 Å². The minimum atomic E-state index is -7.19. The molecule has 0 heterocycles. The van der Waals surface area contributed by atoms with Gasteiger partial charge in [-0.15, -0.1) is 0 Å². The maximum absolute atomic E-state index is 12.3. The van der Waals surface area contributed by atoms with E-state index in [2.05, 4.69) is 0 Å². The fourth-order valence-corrected chi connectivity index (χ4v) is 0.667. The van der Waals surface area contributed by atoms with Gasteiger partial charge in [0.2, 0.25) is 0 Å². The lowest BCUT2D eigenvalue weighted by Crippen LogP contribution is -2.62. The first kappa shape index (κ1) is 16.9. The predicted molar refractivity (Wildman–Crippen MR) is 31.9 cm³/mol. The van der Waals surface area contributed by atoms with E-state index in [1.165, 1.54) is 0 Å². The lowest BCUT2D eigenvalue weighted by molar-refractivity contribution is -0.333. The van der Waals surface area contributed by atoms with Gasteiger partial charge < -0.3 is 0 Å². The molecule has 0 spiro atoms. The Labute approximate surface area is 90.5 Å². The molecule has 0 bridgehead atoms. The van der Waals surface area contributed by atoms with Crippen molar-refractivity contribution in [3.05, 3.63) is 0 Å². The molecule has 0 aromatic carbocycles. The lowest BCUT2D eigenvalue weighted by Gasteiger charge is -2.31. The van der Waals surface area contributed by atoms with E-state index in [1.54, 1.807) is 0 Å². The molecule has 108 valence electrons. The molecule has 12 heteroatoms. The molecule has 18 heavy (non-hydrogen) atoms. The number of ketones is 1. The fourth-order valence-electron chi connectivity index (χ4n) is 0.667. The van der Waals surface area contributed by atoms with Gasteiger partial charge in [-0.1, -0.05) is 0 Å². The van der Waals surface area contributed by atoms with Gasteiger partial charge in [-0.25, -0.2) is 8.78 Å². The standard InChI is InChI=1S/C6HF11O/c7-2(8)4(11,12)6(16,17)3(9,10)1(18)5(13,14)15/h2H. The van der Waals surface area contributed by atoms with Crippen LogP contribution in [0.5, 0.6) is 0 Å². The van der Waals surface area contributed by atoms with Crippen molar-refractivity contribution in [2.75, 3.05) is 0 Å². The molecule has 0 aliphatic heterocycles. The highest BCUT2D eigenvalue weighted by Gasteiger charge is 2.80. The normalized spacial score (nSPS) is 15.1. The number of hydrogen-bond donors (Lipinski definition) is 0. The number of Topliss-reactive ketones (excluding diaryl/α,β-unsaturated/α-hetero) is 1. The van der Waals surface area contributed by atoms with E-state index in [1.807, 2.05) is 0 Å². The SMILES string of the molecule is O=C(C(F)(F)F)C(F)(F)C(F)(F)C(F)(F)C(F)F. The van der Waals surface area contributed by atoms with Gasteiger partial charge in [-0.05, 0) is 0 Å². The number of carbonyl (C=O) groups excluding carboxylic acids is 1. The van der Waals surface area contributed by atoms with Gasteiger partial charge >= 0.3 is 36.2 Å². The fraction of sp³-hybridized carbons (Fsp3) is 0.833. The van der Waals surface area contributed by atoms with Crippen LogP contribution in [0.25, 0.3) is 0 Å². The van der Waals surface area contributed by atoms with Crippen LogP contribution in [0, 0.1) is 0 Å². The van der Waals surface area contributed by atoms with Gasteiger partial charge in [0.15, 0.2) is 0 Å². The molecular weight excluding hydrogens is 297 g/mol. The summed E-state index contributed by atoms with van der Waals surface area (Å²) in [6, 6.07) is 0. The van der Waals surface area contributed by atoms with Crippen molar-refractivity contribution in [3.63, 3.8) is 0 Å². The summed E-state index contributed by atoms with van der Waals surface area (Å²) < 4.78 is 131. The maximum atomic E-state index is 12.3. The molecular formula is C6HF11O. The highest BCUT2D eigenvalue weighted by atomic mass is 19.4. The Kier molecular flexibility index (Phi) is 3.97. The third-order valence-electron chi connectivity index (χ3n) is 1.63. The molecule has 1 nitrogen and oxygen atoms in total. The van der Waals surface area contributed by atoms with E-state index in [-0.39, 0.29) is 0 Å². The second-order valence-corrected chi connectivity index (χ2v) is 2.90. The number of alkyl halides is 11. The van der Waals surface area contributed by atoms with Crippen molar-refractivity contribution < 1.29 is 53.1 Å². The lowest BCUT2D eigenvalue weighted by atomic mass is 10.0. The minimum Gasteiger partial charge on any atom is -0.282 e. The third kappa shape index (κ3) is 2.36. The molecule has 0 radical (unpaired) electrons. The summed E-state index contributed by atoms with van der Waals surface area (Å²) in [4.78, 5) is 9.87. The first-order valence-electron chi connectivity index (χ1n) is 3.63. The Bertz CT molecular complexity index is 327. The van der Waals surface area contributed by atoms with E-state index in [0.717, 1.165) is 0 Å². The van der Waals surface area contributed by atoms with Gasteiger partial charge in [0.25, 0.3) is 0 Å². The zero-order valence-corrected chi connectivity index (χ0v) is 7.64. The van der Waals surface area contributed by atoms with Gasteiger partial charge in [0.05, 0.1) is 0 Å². The first-order chi connectivity index (χ1) is 7.60. The molecule has 0 aliphatic carbocycles. The van der Waals surface area contributed by atoms with E-state index in [9.17, 15) is 53.1 Å². The second-order valence-electron chi connectivity index (χ2n) is 2.90. The smallest absolute Gasteiger partial charge is 0.282 e. The number of hydrogen-bond acceptors (Lipinski definition) is 1. The van der Waals surface area contributed by atoms with Crippen molar-refractivity contribution in [1.82, 2.24) is 0 Å². The Hall–Kier alpha value is -1.10. The van der Waals surface area contributed by atoms with Crippen LogP contribution in [0.3, 0.4) is 0 Å². The Morgan fingerprint density at radius 1 is 0.778 bits per heavy atom. The third-order valence-corrected chi connectivity index (χ3v) is 1.63. The molecule has 0 aromatic rings. The van der Waals surface area contributed by atoms with E-state index in [0.29, 0.717) is 0 Å². The summed E-state index contributed by atoms with van der Waals surface area (Å²) >= 11 is 0. The van der Waals surface area contributed by atoms with Gasteiger partial charge in [0, 0.05) is 0 Å². The molecule has 0 saturated carbocycles. The van der Waals surface area contributed by atoms with Gasteiger partial charge in [-0.2, -0.15) is 39.5 Å². The Morgan fingerprint density at radius 3 is 1.33 bits per heavy atom. The predicted octanol–water partition coefficient (Wildman–Crippen LogP) is 3.29. The van der Waals surface area contributed by atoms with Crippen molar-refractivity contribution in [2.45, 2.75) is 30.4 Å². The molecule has 0 unspecified atom stereocenters. The summed E-state index contributed by atoms with van der Waals surface area (Å²) in [5.74, 6) is -25.6. The summed E-state index contributed by atoms with van der Waals surface area (Å²) in [7, 11) is 0. The van der Waals surface area contributed by atoms with Crippen molar-refractivity contribution in [2.24, 2.45) is 0 Å². The maximum Gasteiger partial charge on any atom is 0.456 e. The van der Waals surface area contributed by atoms with Crippen LogP contribution < -0.4 is 0 Å². The monoisotopic (exact) mass is 298 g/mol. The zero-order chi connectivity index (χ0) is 15.2. The van der Waals surface area contributed by atoms with E-state index in [4.69, 9.17) is 0 Å². The molecule has 0 saturated heterocycles. The van der Waals surface area contributed by atoms with Gasteiger partial charge in [-0.3, -0.25) is 4.79 Å². The summed E-state index contributed by atoms with van der Waals surface area (Å²) in [5, 5.41) is 0. The Balaban J connectivity index is 5.68. The van der Waals surface area contributed by atoms with Gasteiger partial charge in [0.1, 0.15) is 0 Å². The average Bonchev–Trinajstić information content (AvgIpc) is 2.14. The summed E-state index contributed by atoms with van der Waals surface area (Å²) in [6.07, 6.45) is -12.0. The highest BCUT2D eigenvalue weighted by Crippen LogP contribution is 2.50. The molecule has 0 aliphatic rings. The van der Waals surface area contributed by atoms with E-state index < -0.39 is 36.2 Å². The average molecular weight is 298 g/mol. The van der Waals surface area contributed by atoms with Crippen LogP contribution in [0.1, 0.15) is 0 Å². The zero-order valence-electron chi connectivity index (χ0n) is 7.64. The molecule has 0 amide bonds. The quantitative estimate of drug-likeness (QED) is 0.728. The second kappa shape index (κ2) is 4.23. The molecule has 0 atom stereocenters. The largest absolute Gasteiger partial charge is 0.456 e. The Morgan fingerprint density at radius 2 is 1.11 bits per heavy atom.